The second kappa shape index (κ2) is 31.0. The number of aliphatic hydroxyl groups excluding tert-OH is 14. The number of benzene rings is 1. The van der Waals surface area contributed by atoms with E-state index in [1.165, 1.54) is 12.1 Å². The fourth-order valence-corrected chi connectivity index (χ4v) is 11.8. The van der Waals surface area contributed by atoms with Crippen LogP contribution in [0.1, 0.15) is 65.4 Å². The lowest BCUT2D eigenvalue weighted by Crippen LogP contribution is -2.60. The van der Waals surface area contributed by atoms with Gasteiger partial charge in [0.1, 0.15) is 97.7 Å². The number of ether oxygens (including phenoxy) is 9. The molecule has 0 saturated carbocycles. The molecule has 0 amide bonds. The Bertz CT molecular complexity index is 2060. The maximum atomic E-state index is 12.8. The molecule has 5 fully saturated rings. The molecule has 5 aliphatic rings. The van der Waals surface area contributed by atoms with E-state index in [9.17, 15) is 79.9 Å². The highest BCUT2D eigenvalue weighted by Crippen LogP contribution is 2.34. The summed E-state index contributed by atoms with van der Waals surface area (Å²) in [6.07, 6.45) is -28.4. The van der Waals surface area contributed by atoms with Gasteiger partial charge < -0.3 is 114 Å². The lowest BCUT2D eigenvalue weighted by Gasteiger charge is -2.45. The monoisotopic (exact) mass is 1170 g/mol. The van der Waals surface area contributed by atoms with E-state index in [4.69, 9.17) is 46.8 Å². The first-order chi connectivity index (χ1) is 37.8. The highest BCUT2D eigenvalue weighted by Gasteiger charge is 2.50. The lowest BCUT2D eigenvalue weighted by molar-refractivity contribution is -0.250. The van der Waals surface area contributed by atoms with Crippen molar-refractivity contribution in [2.45, 2.75) is 212 Å². The average Bonchev–Trinajstić information content (AvgIpc) is 3.41. The molecular weight excluding hydrogens is 1080 g/mol. The Morgan fingerprint density at radius 1 is 0.412 bits per heavy atom. The molecule has 0 radical (unpaired) electrons. The summed E-state index contributed by atoms with van der Waals surface area (Å²) in [5.74, 6) is -1.43. The molecule has 1 aromatic carbocycles. The Morgan fingerprint density at radius 2 is 0.775 bits per heavy atom. The van der Waals surface area contributed by atoms with Crippen LogP contribution >= 0.6 is 0 Å². The van der Waals surface area contributed by atoms with E-state index in [1.54, 1.807) is 19.1 Å². The van der Waals surface area contributed by atoms with E-state index in [2.05, 4.69) is 0 Å². The first-order valence-electron chi connectivity index (χ1n) is 27.8. The average molecular weight is 1180 g/mol. The molecule has 0 aromatic heterocycles. The largest absolute Gasteiger partial charge is 0.394 e. The van der Waals surface area contributed by atoms with E-state index in [-0.39, 0.29) is 69.9 Å². The summed E-state index contributed by atoms with van der Waals surface area (Å²) >= 11 is 0. The highest BCUT2D eigenvalue weighted by atomic mass is 32.2. The molecule has 0 aliphatic carbocycles. The van der Waals surface area contributed by atoms with Crippen LogP contribution in [0.4, 0.5) is 0 Å². The van der Waals surface area contributed by atoms with Gasteiger partial charge in [-0.2, -0.15) is 8.42 Å². The predicted octanol–water partition coefficient (Wildman–Crippen LogP) is -4.22. The molecule has 5 heterocycles. The van der Waals surface area contributed by atoms with Crippen molar-refractivity contribution in [1.82, 2.24) is 0 Å². The van der Waals surface area contributed by atoms with Gasteiger partial charge in [0.2, 0.25) is 0 Å². The highest BCUT2D eigenvalue weighted by molar-refractivity contribution is 7.86. The molecule has 464 valence electrons. The van der Waals surface area contributed by atoms with Crippen LogP contribution in [0.15, 0.2) is 29.2 Å². The quantitative estimate of drug-likeness (QED) is 0.0279. The van der Waals surface area contributed by atoms with Crippen LogP contribution in [0.25, 0.3) is 0 Å². The zero-order chi connectivity index (χ0) is 58.7. The third-order valence-corrected chi connectivity index (χ3v) is 17.2. The zero-order valence-electron chi connectivity index (χ0n) is 46.1. The van der Waals surface area contributed by atoms with Crippen molar-refractivity contribution in [3.63, 3.8) is 0 Å². The van der Waals surface area contributed by atoms with Crippen LogP contribution in [-0.2, 0) is 56.9 Å². The van der Waals surface area contributed by atoms with Crippen LogP contribution in [0, 0.1) is 30.6 Å². The molecule has 27 heteroatoms. The van der Waals surface area contributed by atoms with Crippen LogP contribution in [0.3, 0.4) is 0 Å². The summed E-state index contributed by atoms with van der Waals surface area (Å²) in [7, 11) is -4.30. The second-order valence-corrected chi connectivity index (χ2v) is 24.5. The standard InChI is InChI=1S/C53H90O26S/c1-25(2)6-11-31-44(58)51(65)47(61)37(76-31)21-71-15-13-33-45(59)52(66)48(62)38(77-33)22-70-14-12-32-43(57)41(55)29(34(75-32)16-26(3)4)18-72-20-36-30(42(56)46(60)35(17-54)78-36)19-73-23-39-49(63)53(67)50(64)40(79-39)24-74-80(68,69)28-9-7-27(5)8-10-28/h7-10,25-26,29-67H,6,11-24H2,1-5H3. The molecule has 0 bridgehead atoms. The van der Waals surface area contributed by atoms with Crippen molar-refractivity contribution in [3.8, 4) is 0 Å². The van der Waals surface area contributed by atoms with Gasteiger partial charge in [-0.3, -0.25) is 4.18 Å². The molecule has 14 N–H and O–H groups in total. The van der Waals surface area contributed by atoms with Gasteiger partial charge in [0.15, 0.2) is 0 Å². The molecule has 6 rings (SSSR count). The lowest BCUT2D eigenvalue weighted by atomic mass is 9.83. The Hall–Kier alpha value is -1.79. The Kier molecular flexibility index (Phi) is 26.1. The fraction of sp³-hybridized carbons (Fsp3) is 0.887. The number of hydrogen-bond acceptors (Lipinski definition) is 26. The van der Waals surface area contributed by atoms with Crippen molar-refractivity contribution in [3.05, 3.63) is 29.8 Å². The number of hydrogen-bond donors (Lipinski definition) is 14. The van der Waals surface area contributed by atoms with Gasteiger partial charge in [-0.05, 0) is 63.0 Å². The first kappa shape index (κ1) is 67.3. The Balaban J connectivity index is 0.969. The van der Waals surface area contributed by atoms with E-state index in [1.807, 2.05) is 27.7 Å². The van der Waals surface area contributed by atoms with Crippen LogP contribution in [0.2, 0.25) is 0 Å². The van der Waals surface area contributed by atoms with Crippen LogP contribution in [0.5, 0.6) is 0 Å². The summed E-state index contributed by atoms with van der Waals surface area (Å²) in [5, 5.41) is 151. The fourth-order valence-electron chi connectivity index (χ4n) is 10.8. The van der Waals surface area contributed by atoms with Crippen molar-refractivity contribution in [2.75, 3.05) is 66.1 Å². The molecule has 80 heavy (non-hydrogen) atoms. The van der Waals surface area contributed by atoms with E-state index < -0.39 is 182 Å². The minimum absolute atomic E-state index is 0.0254. The van der Waals surface area contributed by atoms with E-state index >= 15 is 0 Å². The summed E-state index contributed by atoms with van der Waals surface area (Å²) in [6, 6.07) is 5.83. The summed E-state index contributed by atoms with van der Waals surface area (Å²) < 4.78 is 84.1. The molecule has 26 nitrogen and oxygen atoms in total. The summed E-state index contributed by atoms with van der Waals surface area (Å²) in [6.45, 7) is 6.59. The second-order valence-electron chi connectivity index (χ2n) is 22.9. The van der Waals surface area contributed by atoms with Gasteiger partial charge in [0.25, 0.3) is 10.1 Å². The van der Waals surface area contributed by atoms with Crippen molar-refractivity contribution < 1.29 is 127 Å². The molecular formula is C53H90O26S. The van der Waals surface area contributed by atoms with Crippen molar-refractivity contribution in [1.29, 1.82) is 0 Å². The maximum Gasteiger partial charge on any atom is 0.297 e. The Morgan fingerprint density at radius 3 is 1.24 bits per heavy atom. The minimum Gasteiger partial charge on any atom is -0.394 e. The predicted molar refractivity (Wildman–Crippen MR) is 276 cm³/mol. The molecule has 0 spiro atoms. The topological polar surface area (TPSA) is 410 Å². The van der Waals surface area contributed by atoms with Gasteiger partial charge in [-0.1, -0.05) is 45.4 Å². The van der Waals surface area contributed by atoms with Gasteiger partial charge in [0, 0.05) is 25.0 Å². The number of aryl methyl sites for hydroxylation is 1. The van der Waals surface area contributed by atoms with Gasteiger partial charge in [0.05, 0.1) is 100 Å². The summed E-state index contributed by atoms with van der Waals surface area (Å²) in [4.78, 5) is -0.147. The smallest absolute Gasteiger partial charge is 0.297 e. The van der Waals surface area contributed by atoms with Crippen molar-refractivity contribution in [2.24, 2.45) is 23.7 Å². The molecule has 25 unspecified atom stereocenters. The Labute approximate surface area is 467 Å². The molecule has 5 aliphatic heterocycles. The summed E-state index contributed by atoms with van der Waals surface area (Å²) in [5.41, 5.74) is 0.810. The molecule has 5 saturated heterocycles. The van der Waals surface area contributed by atoms with Gasteiger partial charge >= 0.3 is 0 Å². The SMILES string of the molecule is Cc1ccc(S(=O)(=O)OCC2OC(COCC3C(COCC4C(CC(C)C)OC(CCOCC5OC(CCOCC6OC(CCC(C)C)C(O)C(O)C6O)C(O)C(O)C5O)C(O)C4O)OC(CO)C(O)C3O)C(O)C(O)C2O)cc1. The van der Waals surface area contributed by atoms with E-state index in [0.717, 1.165) is 12.0 Å². The molecule has 25 atom stereocenters. The minimum atomic E-state index is -4.30. The van der Waals surface area contributed by atoms with Crippen LogP contribution < -0.4 is 0 Å². The zero-order valence-corrected chi connectivity index (χ0v) is 46.9. The third-order valence-electron chi connectivity index (χ3n) is 15.9. The normalized spacial score (nSPS) is 41.1. The van der Waals surface area contributed by atoms with E-state index in [0.29, 0.717) is 18.8 Å². The van der Waals surface area contributed by atoms with Crippen LogP contribution in [-0.4, -0.2) is 286 Å². The van der Waals surface area contributed by atoms with Gasteiger partial charge in [-0.15, -0.1) is 0 Å². The number of aliphatic hydroxyl groups is 14. The van der Waals surface area contributed by atoms with Gasteiger partial charge in [-0.25, -0.2) is 0 Å². The third kappa shape index (κ3) is 17.4. The first-order valence-corrected chi connectivity index (χ1v) is 29.3. The number of rotatable bonds is 28. The van der Waals surface area contributed by atoms with Crippen molar-refractivity contribution >= 4 is 10.1 Å². The maximum absolute atomic E-state index is 12.8. The molecule has 1 aromatic rings.